The highest BCUT2D eigenvalue weighted by Crippen LogP contribution is 2.32. The lowest BCUT2D eigenvalue weighted by molar-refractivity contribution is -0.122. The zero-order chi connectivity index (χ0) is 18.9. The van der Waals surface area contributed by atoms with E-state index < -0.39 is 0 Å². The Bertz CT molecular complexity index is 723. The molecule has 4 nitrogen and oxygen atoms in total. The molecule has 0 aromatic heterocycles. The minimum Gasteiger partial charge on any atom is -0.353 e. The van der Waals surface area contributed by atoms with E-state index in [0.717, 1.165) is 25.7 Å². The summed E-state index contributed by atoms with van der Waals surface area (Å²) in [7, 11) is 0. The van der Waals surface area contributed by atoms with Gasteiger partial charge < -0.3 is 10.6 Å². The average Bonchev–Trinajstić information content (AvgIpc) is 2.73. The molecule has 27 heavy (non-hydrogen) atoms. The number of hydrogen-bond donors (Lipinski definition) is 2. The Kier molecular flexibility index (Phi) is 7.03. The van der Waals surface area contributed by atoms with Gasteiger partial charge in [0.15, 0.2) is 0 Å². The fourth-order valence-electron chi connectivity index (χ4n) is 3.74. The molecule has 1 aliphatic carbocycles. The molecule has 2 N–H and O–H groups in total. The highest BCUT2D eigenvalue weighted by Gasteiger charge is 2.23. The maximum Gasteiger partial charge on any atom is 0.251 e. The topological polar surface area (TPSA) is 58.2 Å². The first-order valence-electron chi connectivity index (χ1n) is 9.90. The predicted octanol–water partition coefficient (Wildman–Crippen LogP) is 4.04. The Morgan fingerprint density at radius 1 is 0.852 bits per heavy atom. The van der Waals surface area contributed by atoms with E-state index in [-0.39, 0.29) is 17.9 Å². The standard InChI is InChI=1S/C23H28N2O2/c26-22(12-7-17-24-23(27)20-10-5-2-6-11-20)25-21-15-13-19(14-16-21)18-8-3-1-4-9-18/h1-6,8-11,19,21H,7,12-17H2,(H,24,27)(H,25,26). The van der Waals surface area contributed by atoms with Crippen LogP contribution in [0.15, 0.2) is 60.7 Å². The van der Waals surface area contributed by atoms with Crippen LogP contribution in [-0.4, -0.2) is 24.4 Å². The number of rotatable bonds is 7. The zero-order valence-corrected chi connectivity index (χ0v) is 15.7. The molecule has 0 bridgehead atoms. The van der Waals surface area contributed by atoms with Crippen molar-refractivity contribution in [3.63, 3.8) is 0 Å². The fraction of sp³-hybridized carbons (Fsp3) is 0.391. The number of carbonyl (C=O) groups is 2. The zero-order valence-electron chi connectivity index (χ0n) is 15.7. The third-order valence-electron chi connectivity index (χ3n) is 5.27. The summed E-state index contributed by atoms with van der Waals surface area (Å²) in [6.07, 6.45) is 5.44. The van der Waals surface area contributed by atoms with Gasteiger partial charge in [-0.15, -0.1) is 0 Å². The van der Waals surface area contributed by atoms with Crippen molar-refractivity contribution in [2.45, 2.75) is 50.5 Å². The molecule has 142 valence electrons. The van der Waals surface area contributed by atoms with Crippen LogP contribution >= 0.6 is 0 Å². The van der Waals surface area contributed by atoms with E-state index in [1.807, 2.05) is 18.2 Å². The molecule has 1 aliphatic rings. The van der Waals surface area contributed by atoms with E-state index in [1.54, 1.807) is 12.1 Å². The van der Waals surface area contributed by atoms with Gasteiger partial charge in [-0.05, 0) is 55.7 Å². The maximum absolute atomic E-state index is 12.2. The number of nitrogens with one attached hydrogen (secondary N) is 2. The van der Waals surface area contributed by atoms with E-state index >= 15 is 0 Å². The van der Waals surface area contributed by atoms with Crippen LogP contribution in [-0.2, 0) is 4.79 Å². The first-order chi connectivity index (χ1) is 13.2. The molecule has 0 aliphatic heterocycles. The van der Waals surface area contributed by atoms with Crippen LogP contribution in [0.25, 0.3) is 0 Å². The lowest BCUT2D eigenvalue weighted by Crippen LogP contribution is -2.37. The molecule has 0 unspecified atom stereocenters. The second-order valence-electron chi connectivity index (χ2n) is 7.25. The molecule has 0 atom stereocenters. The Balaban J connectivity index is 1.30. The second-order valence-corrected chi connectivity index (χ2v) is 7.25. The summed E-state index contributed by atoms with van der Waals surface area (Å²) < 4.78 is 0. The van der Waals surface area contributed by atoms with Crippen molar-refractivity contribution >= 4 is 11.8 Å². The van der Waals surface area contributed by atoms with Gasteiger partial charge in [-0.25, -0.2) is 0 Å². The van der Waals surface area contributed by atoms with Crippen molar-refractivity contribution in [1.82, 2.24) is 10.6 Å². The molecule has 0 saturated heterocycles. The van der Waals surface area contributed by atoms with Crippen LogP contribution in [0.4, 0.5) is 0 Å². The Labute approximate surface area is 161 Å². The Morgan fingerprint density at radius 2 is 1.48 bits per heavy atom. The highest BCUT2D eigenvalue weighted by molar-refractivity contribution is 5.94. The lowest BCUT2D eigenvalue weighted by atomic mass is 9.82. The van der Waals surface area contributed by atoms with Gasteiger partial charge in [-0.3, -0.25) is 9.59 Å². The van der Waals surface area contributed by atoms with Gasteiger partial charge in [0.05, 0.1) is 0 Å². The van der Waals surface area contributed by atoms with Crippen molar-refractivity contribution in [3.8, 4) is 0 Å². The van der Waals surface area contributed by atoms with Crippen LogP contribution in [0.5, 0.6) is 0 Å². The minimum atomic E-state index is -0.0877. The molecule has 1 fully saturated rings. The number of hydrogen-bond acceptors (Lipinski definition) is 2. The second kappa shape index (κ2) is 9.91. The molecule has 0 spiro atoms. The van der Waals surface area contributed by atoms with Gasteiger partial charge in [-0.1, -0.05) is 48.5 Å². The molecule has 0 heterocycles. The van der Waals surface area contributed by atoms with Crippen molar-refractivity contribution in [2.24, 2.45) is 0 Å². The Morgan fingerprint density at radius 3 is 2.15 bits per heavy atom. The largest absolute Gasteiger partial charge is 0.353 e. The fourth-order valence-corrected chi connectivity index (χ4v) is 3.74. The smallest absolute Gasteiger partial charge is 0.251 e. The number of carbonyl (C=O) groups excluding carboxylic acids is 2. The first-order valence-corrected chi connectivity index (χ1v) is 9.90. The number of benzene rings is 2. The van der Waals surface area contributed by atoms with Crippen molar-refractivity contribution < 1.29 is 9.59 Å². The summed E-state index contributed by atoms with van der Waals surface area (Å²) in [6, 6.07) is 20.1. The number of amides is 2. The molecule has 2 aromatic carbocycles. The Hall–Kier alpha value is -2.62. The third-order valence-corrected chi connectivity index (χ3v) is 5.27. The van der Waals surface area contributed by atoms with Gasteiger partial charge in [0.25, 0.3) is 5.91 Å². The van der Waals surface area contributed by atoms with E-state index in [4.69, 9.17) is 0 Å². The lowest BCUT2D eigenvalue weighted by Gasteiger charge is -2.29. The monoisotopic (exact) mass is 364 g/mol. The minimum absolute atomic E-state index is 0.0877. The summed E-state index contributed by atoms with van der Waals surface area (Å²) in [4.78, 5) is 24.1. The molecule has 3 rings (SSSR count). The molecule has 2 amide bonds. The molecular weight excluding hydrogens is 336 g/mol. The molecule has 1 saturated carbocycles. The van der Waals surface area contributed by atoms with E-state index in [2.05, 4.69) is 41.0 Å². The predicted molar refractivity (Wildman–Crippen MR) is 108 cm³/mol. The molecule has 4 heteroatoms. The van der Waals surface area contributed by atoms with Crippen LogP contribution < -0.4 is 10.6 Å². The maximum atomic E-state index is 12.2. The van der Waals surface area contributed by atoms with Gasteiger partial charge >= 0.3 is 0 Å². The van der Waals surface area contributed by atoms with Gasteiger partial charge in [0.2, 0.25) is 5.91 Å². The van der Waals surface area contributed by atoms with Crippen LogP contribution in [0.2, 0.25) is 0 Å². The molecule has 0 radical (unpaired) electrons. The summed E-state index contributed by atoms with van der Waals surface area (Å²) in [5.74, 6) is 0.620. The summed E-state index contributed by atoms with van der Waals surface area (Å²) >= 11 is 0. The van der Waals surface area contributed by atoms with E-state index in [0.29, 0.717) is 30.9 Å². The highest BCUT2D eigenvalue weighted by atomic mass is 16.2. The van der Waals surface area contributed by atoms with E-state index in [1.165, 1.54) is 5.56 Å². The van der Waals surface area contributed by atoms with Gasteiger partial charge in [0, 0.05) is 24.6 Å². The van der Waals surface area contributed by atoms with Crippen LogP contribution in [0.3, 0.4) is 0 Å². The first kappa shape index (κ1) is 19.2. The van der Waals surface area contributed by atoms with Crippen LogP contribution in [0, 0.1) is 0 Å². The van der Waals surface area contributed by atoms with Gasteiger partial charge in [-0.2, -0.15) is 0 Å². The van der Waals surface area contributed by atoms with Crippen molar-refractivity contribution in [3.05, 3.63) is 71.8 Å². The quantitative estimate of drug-likeness (QED) is 0.729. The average molecular weight is 364 g/mol. The SMILES string of the molecule is O=C(CCCNC(=O)c1ccccc1)NC1CCC(c2ccccc2)CC1. The summed E-state index contributed by atoms with van der Waals surface area (Å²) in [5, 5.41) is 6.02. The summed E-state index contributed by atoms with van der Waals surface area (Å²) in [5.41, 5.74) is 2.06. The van der Waals surface area contributed by atoms with Crippen molar-refractivity contribution in [2.75, 3.05) is 6.54 Å². The normalized spacial score (nSPS) is 19.3. The molecular formula is C23H28N2O2. The van der Waals surface area contributed by atoms with Crippen molar-refractivity contribution in [1.29, 1.82) is 0 Å². The third kappa shape index (κ3) is 5.95. The van der Waals surface area contributed by atoms with Crippen LogP contribution in [0.1, 0.15) is 60.4 Å². The van der Waals surface area contributed by atoms with E-state index in [9.17, 15) is 9.59 Å². The van der Waals surface area contributed by atoms with Gasteiger partial charge in [0.1, 0.15) is 0 Å². The summed E-state index contributed by atoms with van der Waals surface area (Å²) in [6.45, 7) is 0.516. The molecule has 2 aromatic rings.